The van der Waals surface area contributed by atoms with Gasteiger partial charge in [0.1, 0.15) is 5.75 Å². The molecule has 0 aliphatic rings. The van der Waals surface area contributed by atoms with Crippen LogP contribution in [0.25, 0.3) is 5.73 Å². The van der Waals surface area contributed by atoms with Gasteiger partial charge in [0.05, 0.1) is 0 Å². The molecule has 154 valence electrons. The zero-order valence-corrected chi connectivity index (χ0v) is 23.2. The first kappa shape index (κ1) is 33.9. The Hall–Kier alpha value is 0.389. The summed E-state index contributed by atoms with van der Waals surface area (Å²) in [4.78, 5) is 10.4. The Bertz CT molecular complexity index is 408. The third kappa shape index (κ3) is 39.5. The molecule has 4 nitrogen and oxygen atoms in total. The Morgan fingerprint density at radius 1 is 0.923 bits per heavy atom. The molecule has 0 heterocycles. The summed E-state index contributed by atoms with van der Waals surface area (Å²) in [6, 6.07) is 5.25. The van der Waals surface area contributed by atoms with E-state index in [1.54, 1.807) is 12.1 Å². The molecular formula is C18H41IrNO3P3+6. The Kier molecular flexibility index (Phi) is 28.3. The zero-order chi connectivity index (χ0) is 20.6. The van der Waals surface area contributed by atoms with Crippen LogP contribution in [-0.2, 0) is 31.3 Å². The number of phenolic OH excluding ortho intramolecular Hbond substituents is 1. The minimum Gasteiger partial charge on any atom is -0.660 e. The second kappa shape index (κ2) is 21.7. The fourth-order valence-corrected chi connectivity index (χ4v) is 0.960. The van der Waals surface area contributed by atoms with Crippen LogP contribution in [0, 0.1) is 0 Å². The largest absolute Gasteiger partial charge is 3.00 e. The summed E-state index contributed by atoms with van der Waals surface area (Å²) in [5.74, 6) is -0.726. The van der Waals surface area contributed by atoms with Crippen LogP contribution in [0.4, 0.5) is 0 Å². The van der Waals surface area contributed by atoms with Gasteiger partial charge in [-0.1, -0.05) is 12.1 Å². The molecule has 0 aliphatic heterocycles. The van der Waals surface area contributed by atoms with Crippen molar-refractivity contribution in [3.05, 3.63) is 35.6 Å². The van der Waals surface area contributed by atoms with E-state index in [-0.39, 0.29) is 56.0 Å². The number of phenols is 1. The third-order valence-electron chi connectivity index (χ3n) is 1.69. The van der Waals surface area contributed by atoms with Crippen molar-refractivity contribution in [1.82, 2.24) is 0 Å². The predicted molar refractivity (Wildman–Crippen MR) is 127 cm³/mol. The van der Waals surface area contributed by atoms with Gasteiger partial charge in [0, 0.05) is 70.8 Å². The van der Waals surface area contributed by atoms with E-state index in [0.717, 1.165) is 5.56 Å². The Balaban J connectivity index is -0.000000155. The maximum Gasteiger partial charge on any atom is 3.00 e. The Morgan fingerprint density at radius 3 is 1.42 bits per heavy atom. The van der Waals surface area contributed by atoms with Crippen LogP contribution in [0.15, 0.2) is 24.3 Å². The van der Waals surface area contributed by atoms with E-state index in [2.05, 4.69) is 60.0 Å². The van der Waals surface area contributed by atoms with E-state index in [9.17, 15) is 4.79 Å². The minimum absolute atomic E-state index is 0. The maximum absolute atomic E-state index is 10.4. The zero-order valence-electron chi connectivity index (χ0n) is 17.8. The summed E-state index contributed by atoms with van der Waals surface area (Å²) in [6.45, 7) is 20.4. The molecule has 26 heavy (non-hydrogen) atoms. The van der Waals surface area contributed by atoms with Gasteiger partial charge in [-0.2, -0.15) is 0 Å². The number of rotatable bonds is 3. The molecule has 0 aliphatic carbocycles. The van der Waals surface area contributed by atoms with Crippen molar-refractivity contribution in [1.29, 1.82) is 0 Å². The number of aromatic hydroxyl groups is 1. The van der Waals surface area contributed by atoms with E-state index in [4.69, 9.17) is 15.9 Å². The van der Waals surface area contributed by atoms with Gasteiger partial charge in [0.15, 0.2) is 0 Å². The van der Waals surface area contributed by atoms with Crippen LogP contribution in [0.5, 0.6) is 5.75 Å². The number of hydrogen-bond acceptors (Lipinski definition) is 2. The van der Waals surface area contributed by atoms with Crippen molar-refractivity contribution in [2.45, 2.75) is 12.5 Å². The second-order valence-electron chi connectivity index (χ2n) is 7.29. The van der Waals surface area contributed by atoms with E-state index >= 15 is 0 Å². The minimum atomic E-state index is -1.02. The number of carbonyl (C=O) groups excluding carboxylic acids is 1. The first-order valence-corrected chi connectivity index (χ1v) is 17.3. The summed E-state index contributed by atoms with van der Waals surface area (Å²) in [6.07, 6.45) is 0.225. The fraction of sp³-hybridized carbons (Fsp3) is 0.611. The Labute approximate surface area is 178 Å². The van der Waals surface area contributed by atoms with Crippen molar-refractivity contribution >= 4 is 29.7 Å². The average molecular weight is 605 g/mol. The van der Waals surface area contributed by atoms with Crippen LogP contribution < -0.4 is 0 Å². The molecule has 1 aromatic carbocycles. The number of hydrogen-bond donors (Lipinski definition) is 1. The molecule has 0 aromatic heterocycles. The Morgan fingerprint density at radius 2 is 1.19 bits per heavy atom. The van der Waals surface area contributed by atoms with Gasteiger partial charge >= 0.3 is 26.1 Å². The second-order valence-corrected chi connectivity index (χ2v) is 16.3. The molecule has 0 radical (unpaired) electrons. The first-order valence-electron chi connectivity index (χ1n) is 8.34. The molecule has 1 atom stereocenters. The van der Waals surface area contributed by atoms with Crippen molar-refractivity contribution in [3.63, 3.8) is 0 Å². The predicted octanol–water partition coefficient (Wildman–Crippen LogP) is 3.87. The third-order valence-corrected chi connectivity index (χ3v) is 1.69. The first-order chi connectivity index (χ1) is 11.3. The molecule has 0 saturated heterocycles. The van der Waals surface area contributed by atoms with Crippen LogP contribution in [0.2, 0.25) is 0 Å². The smallest absolute Gasteiger partial charge is 0.660 e. The van der Waals surface area contributed by atoms with Crippen LogP contribution in [0.3, 0.4) is 0 Å². The molecule has 0 amide bonds. The standard InChI is InChI=1S/C9H10NO3.3C3H9P.Ir/c10-8(9(12)13)5-6-1-3-7(11)4-2-6;3*1-4(2)3;/h1-4,8,10-11H,5H2,(H,12,13);3*1-3H3;/q-1;;;;+3/p+4. The molecule has 0 saturated carbocycles. The van der Waals surface area contributed by atoms with E-state index in [1.165, 1.54) is 12.1 Å². The molecule has 0 spiro atoms. The van der Waals surface area contributed by atoms with Gasteiger partial charge in [0.25, 0.3) is 0 Å². The SMILES string of the molecule is C[PH+](C)C.C[PH+](C)C.C[PH+](C)C.[Ir+3].[NH-]C(Cc1ccc(O)cc1)C(=O)[OH2+]. The molecule has 1 rings (SSSR count). The molecule has 8 heteroatoms. The fourth-order valence-electron chi connectivity index (χ4n) is 0.960. The summed E-state index contributed by atoms with van der Waals surface area (Å²) in [7, 11) is 0.361. The van der Waals surface area contributed by atoms with E-state index in [0.29, 0.717) is 0 Å². The van der Waals surface area contributed by atoms with Gasteiger partial charge in [0.2, 0.25) is 0 Å². The number of nitrogens with one attached hydrogen (secondary N) is 1. The molecule has 4 N–H and O–H groups in total. The van der Waals surface area contributed by atoms with Gasteiger partial charge in [-0.3, -0.25) is 0 Å². The molecule has 0 bridgehead atoms. The van der Waals surface area contributed by atoms with Crippen LogP contribution >= 0.6 is 23.8 Å². The summed E-state index contributed by atoms with van der Waals surface area (Å²) in [5, 5.41) is 15.6. The normalized spacial score (nSPS) is 10.3. The maximum atomic E-state index is 10.4. The summed E-state index contributed by atoms with van der Waals surface area (Å²) < 4.78 is 0. The molecule has 1 aromatic rings. The summed E-state index contributed by atoms with van der Waals surface area (Å²) in [5.41, 5.74) is 7.99. The molecular weight excluding hydrogens is 563 g/mol. The van der Waals surface area contributed by atoms with Crippen molar-refractivity contribution < 1.29 is 35.1 Å². The molecule has 0 fully saturated rings. The van der Waals surface area contributed by atoms with Gasteiger partial charge in [-0.15, -0.1) is 0 Å². The van der Waals surface area contributed by atoms with Gasteiger partial charge < -0.3 is 15.9 Å². The number of benzene rings is 1. The quantitative estimate of drug-likeness (QED) is 0.420. The van der Waals surface area contributed by atoms with E-state index in [1.807, 2.05) is 0 Å². The van der Waals surface area contributed by atoms with Gasteiger partial charge in [-0.25, -0.2) is 0 Å². The monoisotopic (exact) mass is 605 g/mol. The van der Waals surface area contributed by atoms with Gasteiger partial charge in [-0.05, 0) is 47.9 Å². The van der Waals surface area contributed by atoms with Crippen molar-refractivity contribution in [3.8, 4) is 5.75 Å². The number of carbonyl (C=O) groups is 1. The molecule has 1 unspecified atom stereocenters. The van der Waals surface area contributed by atoms with Crippen LogP contribution in [0.1, 0.15) is 5.56 Å². The van der Waals surface area contributed by atoms with E-state index < -0.39 is 12.0 Å². The topological polar surface area (TPSA) is 84.0 Å². The summed E-state index contributed by atoms with van der Waals surface area (Å²) >= 11 is 0. The van der Waals surface area contributed by atoms with Crippen molar-refractivity contribution in [2.75, 3.05) is 60.0 Å². The average Bonchev–Trinajstić information content (AvgIpc) is 2.39. The van der Waals surface area contributed by atoms with Crippen LogP contribution in [-0.4, -0.2) is 82.2 Å². The van der Waals surface area contributed by atoms with Crippen molar-refractivity contribution in [2.24, 2.45) is 0 Å².